The molecule has 1 aromatic heterocycles. The molecule has 0 fully saturated rings. The van der Waals surface area contributed by atoms with Crippen LogP contribution < -0.4 is 0 Å². The normalized spacial score (nSPS) is 10.5. The third-order valence-corrected chi connectivity index (χ3v) is 2.97. The average Bonchev–Trinajstić information content (AvgIpc) is 2.64. The molecule has 0 saturated carbocycles. The number of aromatic nitrogens is 1. The van der Waals surface area contributed by atoms with Crippen molar-refractivity contribution < 1.29 is 9.18 Å². The Balaban J connectivity index is 2.68. The van der Waals surface area contributed by atoms with Crippen molar-refractivity contribution in [3.63, 3.8) is 0 Å². The molecule has 0 unspecified atom stereocenters. The fourth-order valence-corrected chi connectivity index (χ4v) is 2.12. The van der Waals surface area contributed by atoms with Crippen molar-refractivity contribution in [2.24, 2.45) is 0 Å². The lowest BCUT2D eigenvalue weighted by Crippen LogP contribution is -2.02. The second-order valence-electron chi connectivity index (χ2n) is 4.04. The summed E-state index contributed by atoms with van der Waals surface area (Å²) < 4.78 is 14.9. The standard InChI is InChI=1S/C14H14FNO/c1-10-7-13(9-17)11(2)16(10)14-6-4-3-5-12(14)8-15/h3-7,9H,8H2,1-2H3. The van der Waals surface area contributed by atoms with Crippen molar-refractivity contribution >= 4 is 6.29 Å². The Morgan fingerprint density at radius 1 is 1.29 bits per heavy atom. The van der Waals surface area contributed by atoms with Crippen molar-refractivity contribution in [1.82, 2.24) is 4.57 Å². The summed E-state index contributed by atoms with van der Waals surface area (Å²) in [5.41, 5.74) is 3.87. The van der Waals surface area contributed by atoms with E-state index in [1.165, 1.54) is 0 Å². The molecule has 17 heavy (non-hydrogen) atoms. The van der Waals surface area contributed by atoms with E-state index in [0.717, 1.165) is 23.4 Å². The summed E-state index contributed by atoms with van der Waals surface area (Å²) in [6.45, 7) is 3.27. The van der Waals surface area contributed by atoms with Crippen molar-refractivity contribution in [3.05, 3.63) is 52.8 Å². The third kappa shape index (κ3) is 1.88. The zero-order valence-corrected chi connectivity index (χ0v) is 9.90. The number of carbonyl (C=O) groups excluding carboxylic acids is 1. The maximum Gasteiger partial charge on any atom is 0.151 e. The highest BCUT2D eigenvalue weighted by molar-refractivity contribution is 5.77. The van der Waals surface area contributed by atoms with Crippen LogP contribution in [0.1, 0.15) is 27.3 Å². The number of nitrogens with zero attached hydrogens (tertiary/aromatic N) is 1. The zero-order chi connectivity index (χ0) is 12.4. The quantitative estimate of drug-likeness (QED) is 0.742. The van der Waals surface area contributed by atoms with E-state index in [4.69, 9.17) is 0 Å². The highest BCUT2D eigenvalue weighted by Gasteiger charge is 2.12. The molecule has 0 aliphatic rings. The van der Waals surface area contributed by atoms with E-state index < -0.39 is 6.67 Å². The lowest BCUT2D eigenvalue weighted by atomic mass is 10.2. The molecule has 0 aliphatic carbocycles. The SMILES string of the molecule is Cc1cc(C=O)c(C)n1-c1ccccc1CF. The molecular weight excluding hydrogens is 217 g/mol. The first kappa shape index (κ1) is 11.6. The number of aldehydes is 1. The van der Waals surface area contributed by atoms with Crippen LogP contribution in [0.25, 0.3) is 5.69 Å². The Morgan fingerprint density at radius 2 is 2.00 bits per heavy atom. The van der Waals surface area contributed by atoms with Crippen molar-refractivity contribution in [2.75, 3.05) is 0 Å². The summed E-state index contributed by atoms with van der Waals surface area (Å²) in [6.07, 6.45) is 0.830. The highest BCUT2D eigenvalue weighted by Crippen LogP contribution is 2.23. The second-order valence-corrected chi connectivity index (χ2v) is 4.04. The summed E-state index contributed by atoms with van der Waals surface area (Å²) in [7, 11) is 0. The minimum Gasteiger partial charge on any atom is -0.317 e. The van der Waals surface area contributed by atoms with E-state index >= 15 is 0 Å². The fourth-order valence-electron chi connectivity index (χ4n) is 2.12. The van der Waals surface area contributed by atoms with Crippen LogP contribution in [-0.4, -0.2) is 10.9 Å². The molecule has 2 rings (SSSR count). The lowest BCUT2D eigenvalue weighted by molar-refractivity contribution is 0.112. The van der Waals surface area contributed by atoms with Gasteiger partial charge in [0.25, 0.3) is 0 Å². The van der Waals surface area contributed by atoms with Gasteiger partial charge < -0.3 is 4.57 Å². The molecule has 1 heterocycles. The first-order chi connectivity index (χ1) is 8.19. The van der Waals surface area contributed by atoms with E-state index in [9.17, 15) is 9.18 Å². The number of aryl methyl sites for hydroxylation is 1. The van der Waals surface area contributed by atoms with Crippen LogP contribution in [0.4, 0.5) is 4.39 Å². The van der Waals surface area contributed by atoms with Gasteiger partial charge in [0.1, 0.15) is 6.67 Å². The van der Waals surface area contributed by atoms with Gasteiger partial charge in [-0.05, 0) is 26.0 Å². The second kappa shape index (κ2) is 4.53. The monoisotopic (exact) mass is 231 g/mol. The summed E-state index contributed by atoms with van der Waals surface area (Å²) in [5, 5.41) is 0. The Hall–Kier alpha value is -1.90. The topological polar surface area (TPSA) is 22.0 Å². The van der Waals surface area contributed by atoms with Crippen LogP contribution in [0, 0.1) is 13.8 Å². The van der Waals surface area contributed by atoms with Gasteiger partial charge in [0.05, 0.1) is 5.69 Å². The van der Waals surface area contributed by atoms with Crippen molar-refractivity contribution in [2.45, 2.75) is 20.5 Å². The molecule has 0 radical (unpaired) electrons. The molecular formula is C14H14FNO. The smallest absolute Gasteiger partial charge is 0.151 e. The van der Waals surface area contributed by atoms with Gasteiger partial charge in [0, 0.05) is 22.5 Å². The van der Waals surface area contributed by atoms with Gasteiger partial charge >= 0.3 is 0 Å². The number of benzene rings is 1. The average molecular weight is 231 g/mol. The number of carbonyl (C=O) groups is 1. The summed E-state index contributed by atoms with van der Waals surface area (Å²) in [6, 6.07) is 9.12. The maximum atomic E-state index is 12.9. The van der Waals surface area contributed by atoms with E-state index in [1.54, 1.807) is 6.07 Å². The van der Waals surface area contributed by atoms with Crippen LogP contribution >= 0.6 is 0 Å². The Bertz CT molecular complexity index is 557. The molecule has 0 bridgehead atoms. The van der Waals surface area contributed by atoms with Crippen molar-refractivity contribution in [3.8, 4) is 5.69 Å². The Labute approximate surface area is 99.7 Å². The summed E-state index contributed by atoms with van der Waals surface area (Å²) >= 11 is 0. The molecule has 3 heteroatoms. The molecule has 0 aliphatic heterocycles. The number of hydrogen-bond donors (Lipinski definition) is 0. The predicted octanol–water partition coefficient (Wildman–Crippen LogP) is 3.38. The number of halogens is 1. The van der Waals surface area contributed by atoms with Gasteiger partial charge in [-0.15, -0.1) is 0 Å². The summed E-state index contributed by atoms with van der Waals surface area (Å²) in [4.78, 5) is 10.9. The van der Waals surface area contributed by atoms with E-state index in [2.05, 4.69) is 0 Å². The van der Waals surface area contributed by atoms with Crippen LogP contribution in [-0.2, 0) is 6.67 Å². The number of alkyl halides is 1. The molecule has 0 N–H and O–H groups in total. The van der Waals surface area contributed by atoms with Crippen LogP contribution in [0.5, 0.6) is 0 Å². The van der Waals surface area contributed by atoms with E-state index in [1.807, 2.05) is 42.7 Å². The van der Waals surface area contributed by atoms with E-state index in [0.29, 0.717) is 11.1 Å². The van der Waals surface area contributed by atoms with E-state index in [-0.39, 0.29) is 0 Å². The predicted molar refractivity (Wildman–Crippen MR) is 65.4 cm³/mol. The lowest BCUT2D eigenvalue weighted by Gasteiger charge is -2.12. The molecule has 2 nitrogen and oxygen atoms in total. The van der Waals surface area contributed by atoms with Gasteiger partial charge in [-0.25, -0.2) is 4.39 Å². The molecule has 0 atom stereocenters. The van der Waals surface area contributed by atoms with Crippen LogP contribution in [0.15, 0.2) is 30.3 Å². The van der Waals surface area contributed by atoms with Crippen LogP contribution in [0.3, 0.4) is 0 Å². The molecule has 1 aromatic carbocycles. The first-order valence-corrected chi connectivity index (χ1v) is 5.47. The van der Waals surface area contributed by atoms with Gasteiger partial charge in [0.15, 0.2) is 6.29 Å². The third-order valence-electron chi connectivity index (χ3n) is 2.97. The number of para-hydroxylation sites is 1. The molecule has 2 aromatic rings. The Kier molecular flexibility index (Phi) is 3.09. The molecule has 0 amide bonds. The maximum absolute atomic E-state index is 12.9. The largest absolute Gasteiger partial charge is 0.317 e. The number of hydrogen-bond acceptors (Lipinski definition) is 1. The molecule has 0 saturated heterocycles. The van der Waals surface area contributed by atoms with Crippen molar-refractivity contribution in [1.29, 1.82) is 0 Å². The van der Waals surface area contributed by atoms with Gasteiger partial charge in [0.2, 0.25) is 0 Å². The minimum absolute atomic E-state index is 0.510. The Morgan fingerprint density at radius 3 is 2.59 bits per heavy atom. The van der Waals surface area contributed by atoms with Gasteiger partial charge in [-0.2, -0.15) is 0 Å². The van der Waals surface area contributed by atoms with Gasteiger partial charge in [-0.3, -0.25) is 4.79 Å². The fraction of sp³-hybridized carbons (Fsp3) is 0.214. The van der Waals surface area contributed by atoms with Crippen LogP contribution in [0.2, 0.25) is 0 Å². The molecule has 88 valence electrons. The number of rotatable bonds is 3. The minimum atomic E-state index is -0.510. The zero-order valence-electron chi connectivity index (χ0n) is 9.90. The summed E-state index contributed by atoms with van der Waals surface area (Å²) in [5.74, 6) is 0. The molecule has 0 spiro atoms. The first-order valence-electron chi connectivity index (χ1n) is 5.47. The van der Waals surface area contributed by atoms with Gasteiger partial charge in [-0.1, -0.05) is 18.2 Å². The highest BCUT2D eigenvalue weighted by atomic mass is 19.1.